The molecule has 3 heteroatoms. The van der Waals surface area contributed by atoms with Gasteiger partial charge >= 0.3 is 0 Å². The van der Waals surface area contributed by atoms with E-state index in [1.807, 2.05) is 24.0 Å². The van der Waals surface area contributed by atoms with E-state index in [0.717, 1.165) is 17.2 Å². The number of aryl methyl sites for hydroxylation is 2. The average Bonchev–Trinajstić information content (AvgIpc) is 2.82. The molecule has 0 aliphatic carbocycles. The van der Waals surface area contributed by atoms with Gasteiger partial charge in [-0.2, -0.15) is 0 Å². The SMILES string of the molecule is Cc1ccc2c(C(C)(C)C)nc(-n3cnc(C)c3)cc2c1. The number of aromatic nitrogens is 3. The van der Waals surface area contributed by atoms with Gasteiger partial charge in [-0.3, -0.25) is 4.57 Å². The molecule has 3 rings (SSSR count). The van der Waals surface area contributed by atoms with Crippen molar-refractivity contribution in [3.63, 3.8) is 0 Å². The highest BCUT2D eigenvalue weighted by molar-refractivity contribution is 5.87. The van der Waals surface area contributed by atoms with Gasteiger partial charge in [-0.1, -0.05) is 44.5 Å². The molecule has 0 aliphatic heterocycles. The number of hydrogen-bond acceptors (Lipinski definition) is 2. The lowest BCUT2D eigenvalue weighted by Crippen LogP contribution is -2.15. The first-order valence-corrected chi connectivity index (χ1v) is 7.27. The third-order valence-electron chi connectivity index (χ3n) is 3.66. The van der Waals surface area contributed by atoms with E-state index in [9.17, 15) is 0 Å². The van der Waals surface area contributed by atoms with Gasteiger partial charge in [-0.05, 0) is 25.3 Å². The Morgan fingerprint density at radius 3 is 2.43 bits per heavy atom. The molecule has 3 aromatic rings. The molecule has 3 nitrogen and oxygen atoms in total. The van der Waals surface area contributed by atoms with Crippen LogP contribution in [0.25, 0.3) is 16.6 Å². The van der Waals surface area contributed by atoms with Crippen molar-refractivity contribution in [3.8, 4) is 5.82 Å². The summed E-state index contributed by atoms with van der Waals surface area (Å²) >= 11 is 0. The zero-order valence-corrected chi connectivity index (χ0v) is 13.3. The maximum atomic E-state index is 4.91. The first kappa shape index (κ1) is 13.8. The van der Waals surface area contributed by atoms with Crippen LogP contribution in [0, 0.1) is 13.8 Å². The zero-order chi connectivity index (χ0) is 15.2. The highest BCUT2D eigenvalue weighted by atomic mass is 15.1. The van der Waals surface area contributed by atoms with Crippen LogP contribution in [0.4, 0.5) is 0 Å². The molecule has 0 saturated carbocycles. The van der Waals surface area contributed by atoms with Crippen molar-refractivity contribution in [2.45, 2.75) is 40.0 Å². The Bertz CT molecular complexity index is 807. The van der Waals surface area contributed by atoms with Gasteiger partial charge in [0.15, 0.2) is 0 Å². The first-order valence-electron chi connectivity index (χ1n) is 7.27. The maximum absolute atomic E-state index is 4.91. The highest BCUT2D eigenvalue weighted by Gasteiger charge is 2.20. The number of benzene rings is 1. The number of hydrogen-bond donors (Lipinski definition) is 0. The minimum absolute atomic E-state index is 0.000849. The van der Waals surface area contributed by atoms with Crippen molar-refractivity contribution < 1.29 is 0 Å². The fraction of sp³-hybridized carbons (Fsp3) is 0.333. The summed E-state index contributed by atoms with van der Waals surface area (Å²) < 4.78 is 1.99. The van der Waals surface area contributed by atoms with Gasteiger partial charge in [0.05, 0.1) is 11.4 Å². The van der Waals surface area contributed by atoms with Gasteiger partial charge in [0, 0.05) is 17.0 Å². The summed E-state index contributed by atoms with van der Waals surface area (Å²) in [6, 6.07) is 8.69. The molecule has 0 saturated heterocycles. The largest absolute Gasteiger partial charge is 0.290 e. The summed E-state index contributed by atoms with van der Waals surface area (Å²) in [5, 5.41) is 2.46. The quantitative estimate of drug-likeness (QED) is 0.663. The predicted molar refractivity (Wildman–Crippen MR) is 87.0 cm³/mol. The predicted octanol–water partition coefficient (Wildman–Crippen LogP) is 4.33. The van der Waals surface area contributed by atoms with E-state index in [1.54, 1.807) is 0 Å². The molecule has 2 aromatic heterocycles. The second-order valence-electron chi connectivity index (χ2n) is 6.73. The minimum Gasteiger partial charge on any atom is -0.290 e. The fourth-order valence-electron chi connectivity index (χ4n) is 2.61. The topological polar surface area (TPSA) is 30.7 Å². The Balaban J connectivity index is 2.32. The van der Waals surface area contributed by atoms with E-state index < -0.39 is 0 Å². The summed E-state index contributed by atoms with van der Waals surface area (Å²) in [5.41, 5.74) is 3.39. The number of rotatable bonds is 1. The van der Waals surface area contributed by atoms with Crippen molar-refractivity contribution in [1.29, 1.82) is 0 Å². The Morgan fingerprint density at radius 1 is 1.05 bits per heavy atom. The van der Waals surface area contributed by atoms with Crippen LogP contribution in [0.2, 0.25) is 0 Å². The van der Waals surface area contributed by atoms with Crippen LogP contribution >= 0.6 is 0 Å². The maximum Gasteiger partial charge on any atom is 0.138 e. The van der Waals surface area contributed by atoms with Crippen LogP contribution in [0.5, 0.6) is 0 Å². The molecule has 0 atom stereocenters. The molecule has 21 heavy (non-hydrogen) atoms. The molecule has 0 radical (unpaired) electrons. The highest BCUT2D eigenvalue weighted by Crippen LogP contribution is 2.30. The monoisotopic (exact) mass is 279 g/mol. The lowest BCUT2D eigenvalue weighted by atomic mass is 9.88. The van der Waals surface area contributed by atoms with E-state index in [-0.39, 0.29) is 5.41 Å². The molecule has 0 bridgehead atoms. The standard InChI is InChI=1S/C18H21N3/c1-12-6-7-15-14(8-12)9-16(20-17(15)18(3,4)5)21-10-13(2)19-11-21/h6-11H,1-5H3. The number of imidazole rings is 1. The van der Waals surface area contributed by atoms with Crippen LogP contribution < -0.4 is 0 Å². The normalized spacial score (nSPS) is 12.0. The van der Waals surface area contributed by atoms with Crippen molar-refractivity contribution in [1.82, 2.24) is 14.5 Å². The molecular formula is C18H21N3. The second-order valence-corrected chi connectivity index (χ2v) is 6.73. The minimum atomic E-state index is -0.000849. The number of pyridine rings is 1. The number of nitrogens with zero attached hydrogens (tertiary/aromatic N) is 3. The molecule has 0 amide bonds. The smallest absolute Gasteiger partial charge is 0.138 e. The van der Waals surface area contributed by atoms with Gasteiger partial charge < -0.3 is 0 Å². The van der Waals surface area contributed by atoms with Crippen molar-refractivity contribution in [3.05, 3.63) is 53.7 Å². The summed E-state index contributed by atoms with van der Waals surface area (Å²) in [5.74, 6) is 0.929. The molecule has 1 aromatic carbocycles. The molecular weight excluding hydrogens is 258 g/mol. The zero-order valence-electron chi connectivity index (χ0n) is 13.3. The Kier molecular flexibility index (Phi) is 3.08. The molecule has 0 N–H and O–H groups in total. The van der Waals surface area contributed by atoms with Crippen LogP contribution in [-0.4, -0.2) is 14.5 Å². The van der Waals surface area contributed by atoms with Gasteiger partial charge in [0.1, 0.15) is 12.1 Å². The van der Waals surface area contributed by atoms with E-state index in [2.05, 4.69) is 56.9 Å². The summed E-state index contributed by atoms with van der Waals surface area (Å²) in [4.78, 5) is 9.21. The van der Waals surface area contributed by atoms with Crippen molar-refractivity contribution >= 4 is 10.8 Å². The van der Waals surface area contributed by atoms with Crippen LogP contribution in [0.3, 0.4) is 0 Å². The Labute approximate surface area is 125 Å². The summed E-state index contributed by atoms with van der Waals surface area (Å²) in [6.45, 7) is 10.7. The van der Waals surface area contributed by atoms with Gasteiger partial charge in [0.25, 0.3) is 0 Å². The van der Waals surface area contributed by atoms with Crippen molar-refractivity contribution in [2.24, 2.45) is 0 Å². The molecule has 2 heterocycles. The Hall–Kier alpha value is -2.16. The lowest BCUT2D eigenvalue weighted by Gasteiger charge is -2.21. The molecule has 0 unspecified atom stereocenters. The number of fused-ring (bicyclic) bond motifs is 1. The lowest BCUT2D eigenvalue weighted by molar-refractivity contribution is 0.574. The van der Waals surface area contributed by atoms with Crippen molar-refractivity contribution in [2.75, 3.05) is 0 Å². The van der Waals surface area contributed by atoms with Crippen LogP contribution in [-0.2, 0) is 5.41 Å². The third-order valence-corrected chi connectivity index (χ3v) is 3.66. The summed E-state index contributed by atoms with van der Waals surface area (Å²) in [7, 11) is 0. The third kappa shape index (κ3) is 2.56. The van der Waals surface area contributed by atoms with Crippen LogP contribution in [0.1, 0.15) is 37.7 Å². The molecule has 108 valence electrons. The van der Waals surface area contributed by atoms with E-state index >= 15 is 0 Å². The van der Waals surface area contributed by atoms with Gasteiger partial charge in [0.2, 0.25) is 0 Å². The summed E-state index contributed by atoms with van der Waals surface area (Å²) in [6.07, 6.45) is 3.84. The van der Waals surface area contributed by atoms with Crippen LogP contribution in [0.15, 0.2) is 36.8 Å². The average molecular weight is 279 g/mol. The molecule has 0 spiro atoms. The van der Waals surface area contributed by atoms with E-state index in [4.69, 9.17) is 4.98 Å². The fourth-order valence-corrected chi connectivity index (χ4v) is 2.61. The Morgan fingerprint density at radius 2 is 1.81 bits per heavy atom. The van der Waals surface area contributed by atoms with Gasteiger partial charge in [-0.15, -0.1) is 0 Å². The first-order chi connectivity index (χ1) is 9.84. The molecule has 0 aliphatic rings. The van der Waals surface area contributed by atoms with Gasteiger partial charge in [-0.25, -0.2) is 9.97 Å². The van der Waals surface area contributed by atoms with E-state index in [1.165, 1.54) is 16.3 Å². The van der Waals surface area contributed by atoms with E-state index in [0.29, 0.717) is 0 Å². The molecule has 0 fully saturated rings. The second kappa shape index (κ2) is 4.69.